The Morgan fingerprint density at radius 2 is 2.11 bits per heavy atom. The molecule has 2 fully saturated rings. The van der Waals surface area contributed by atoms with Gasteiger partial charge in [0.2, 0.25) is 0 Å². The average molecular weight is 246 g/mol. The summed E-state index contributed by atoms with van der Waals surface area (Å²) in [7, 11) is 0. The van der Waals surface area contributed by atoms with Gasteiger partial charge in [-0.15, -0.1) is 0 Å². The lowest BCUT2D eigenvalue weighted by Crippen LogP contribution is -2.39. The molecule has 1 saturated heterocycles. The Labute approximate surface area is 107 Å². The highest BCUT2D eigenvalue weighted by atomic mass is 16.6. The van der Waals surface area contributed by atoms with Crippen molar-refractivity contribution in [2.45, 2.75) is 39.7 Å². The summed E-state index contributed by atoms with van der Waals surface area (Å²) in [5, 5.41) is 0. The maximum absolute atomic E-state index is 11.9. The van der Waals surface area contributed by atoms with E-state index in [9.17, 15) is 9.59 Å². The third kappa shape index (κ3) is 1.36. The van der Waals surface area contributed by atoms with Crippen molar-refractivity contribution >= 4 is 11.8 Å². The number of allylic oxidation sites excluding steroid dienone is 3. The number of esters is 1. The van der Waals surface area contributed by atoms with Crippen LogP contribution in [0.25, 0.3) is 0 Å². The van der Waals surface area contributed by atoms with E-state index >= 15 is 0 Å². The van der Waals surface area contributed by atoms with E-state index in [0.717, 1.165) is 24.0 Å². The van der Waals surface area contributed by atoms with E-state index in [4.69, 9.17) is 4.74 Å². The molecule has 1 saturated carbocycles. The summed E-state index contributed by atoms with van der Waals surface area (Å²) in [6.07, 6.45) is 5.46. The monoisotopic (exact) mass is 246 g/mol. The molecule has 0 amide bonds. The third-order valence-electron chi connectivity index (χ3n) is 4.92. The van der Waals surface area contributed by atoms with Gasteiger partial charge in [-0.25, -0.2) is 0 Å². The summed E-state index contributed by atoms with van der Waals surface area (Å²) in [4.78, 5) is 23.6. The molecular weight excluding hydrogens is 228 g/mol. The van der Waals surface area contributed by atoms with Crippen LogP contribution >= 0.6 is 0 Å². The number of ketones is 1. The predicted octanol–water partition coefficient (Wildman–Crippen LogP) is 2.42. The highest BCUT2D eigenvalue weighted by molar-refractivity contribution is 6.05. The van der Waals surface area contributed by atoms with Crippen molar-refractivity contribution < 1.29 is 14.3 Å². The molecule has 3 nitrogen and oxygen atoms in total. The summed E-state index contributed by atoms with van der Waals surface area (Å²) >= 11 is 0. The van der Waals surface area contributed by atoms with Gasteiger partial charge in [-0.2, -0.15) is 0 Å². The van der Waals surface area contributed by atoms with E-state index in [0.29, 0.717) is 0 Å². The Morgan fingerprint density at radius 1 is 1.39 bits per heavy atom. The molecule has 0 spiro atoms. The van der Waals surface area contributed by atoms with Gasteiger partial charge < -0.3 is 4.74 Å². The highest BCUT2D eigenvalue weighted by Gasteiger charge is 2.52. The first-order chi connectivity index (χ1) is 8.44. The van der Waals surface area contributed by atoms with Crippen LogP contribution in [0.5, 0.6) is 0 Å². The van der Waals surface area contributed by atoms with E-state index in [1.165, 1.54) is 0 Å². The zero-order valence-electron chi connectivity index (χ0n) is 11.0. The zero-order valence-corrected chi connectivity index (χ0v) is 11.0. The fourth-order valence-electron chi connectivity index (χ4n) is 3.69. The van der Waals surface area contributed by atoms with E-state index in [-0.39, 0.29) is 35.1 Å². The summed E-state index contributed by atoms with van der Waals surface area (Å²) in [5.74, 6) is 0.144. The van der Waals surface area contributed by atoms with Crippen LogP contribution in [0.15, 0.2) is 23.3 Å². The van der Waals surface area contributed by atoms with Crippen LogP contribution in [0, 0.1) is 17.3 Å². The van der Waals surface area contributed by atoms with Crippen LogP contribution in [0.3, 0.4) is 0 Å². The minimum atomic E-state index is -0.180. The summed E-state index contributed by atoms with van der Waals surface area (Å²) in [6, 6.07) is 0. The molecule has 0 aromatic carbocycles. The first kappa shape index (κ1) is 11.7. The number of rotatable bonds is 0. The molecule has 96 valence electrons. The first-order valence-electron chi connectivity index (χ1n) is 6.59. The topological polar surface area (TPSA) is 43.4 Å². The second-order valence-corrected chi connectivity index (χ2v) is 6.00. The second kappa shape index (κ2) is 3.56. The minimum absolute atomic E-state index is 0.0409. The minimum Gasteiger partial charge on any atom is -0.457 e. The van der Waals surface area contributed by atoms with Crippen molar-refractivity contribution in [3.8, 4) is 0 Å². The Balaban J connectivity index is 2.10. The van der Waals surface area contributed by atoms with Crippen molar-refractivity contribution in [2.24, 2.45) is 17.3 Å². The number of hydrogen-bond acceptors (Lipinski definition) is 3. The third-order valence-corrected chi connectivity index (χ3v) is 4.92. The lowest BCUT2D eigenvalue weighted by atomic mass is 9.62. The summed E-state index contributed by atoms with van der Waals surface area (Å²) in [5.41, 5.74) is 1.71. The first-order valence-corrected chi connectivity index (χ1v) is 6.59. The van der Waals surface area contributed by atoms with E-state index in [2.05, 4.69) is 6.92 Å². The molecule has 4 atom stereocenters. The van der Waals surface area contributed by atoms with Gasteiger partial charge in [0.05, 0.1) is 5.92 Å². The van der Waals surface area contributed by atoms with Crippen molar-refractivity contribution in [3.63, 3.8) is 0 Å². The molecule has 18 heavy (non-hydrogen) atoms. The van der Waals surface area contributed by atoms with Gasteiger partial charge in [-0.05, 0) is 31.4 Å². The Kier molecular flexibility index (Phi) is 2.31. The van der Waals surface area contributed by atoms with E-state index in [1.807, 2.05) is 19.9 Å². The molecule has 0 radical (unpaired) electrons. The van der Waals surface area contributed by atoms with Crippen molar-refractivity contribution in [1.82, 2.24) is 0 Å². The maximum atomic E-state index is 11.9. The molecule has 3 aliphatic rings. The van der Waals surface area contributed by atoms with Gasteiger partial charge in [0, 0.05) is 16.9 Å². The predicted molar refractivity (Wildman–Crippen MR) is 66.7 cm³/mol. The molecular formula is C15H18O3. The molecule has 1 aliphatic heterocycles. The van der Waals surface area contributed by atoms with Gasteiger partial charge in [0.15, 0.2) is 5.78 Å². The molecule has 0 aromatic heterocycles. The molecule has 0 aromatic rings. The Bertz CT molecular complexity index is 500. The SMILES string of the molecule is CC1=C2[C@@H]3OC(=O)C(C)[C@H]3CC[C@@]2(C)C=CC1=O. The Hall–Kier alpha value is -1.38. The van der Waals surface area contributed by atoms with Gasteiger partial charge in [-0.1, -0.05) is 19.9 Å². The fraction of sp³-hybridized carbons (Fsp3) is 0.600. The largest absolute Gasteiger partial charge is 0.457 e. The molecule has 1 unspecified atom stereocenters. The zero-order chi connectivity index (χ0) is 13.1. The number of carbonyl (C=O) groups is 2. The van der Waals surface area contributed by atoms with Crippen LogP contribution in [-0.2, 0) is 14.3 Å². The van der Waals surface area contributed by atoms with Crippen LogP contribution < -0.4 is 0 Å². The van der Waals surface area contributed by atoms with Crippen LogP contribution in [0.2, 0.25) is 0 Å². The van der Waals surface area contributed by atoms with Gasteiger partial charge in [-0.3, -0.25) is 9.59 Å². The van der Waals surface area contributed by atoms with Crippen molar-refractivity contribution in [1.29, 1.82) is 0 Å². The second-order valence-electron chi connectivity index (χ2n) is 6.00. The lowest BCUT2D eigenvalue weighted by Gasteiger charge is -2.42. The molecule has 3 rings (SSSR count). The number of carbonyl (C=O) groups excluding carboxylic acids is 2. The molecule has 1 heterocycles. The maximum Gasteiger partial charge on any atom is 0.309 e. The normalized spacial score (nSPS) is 42.7. The van der Waals surface area contributed by atoms with Gasteiger partial charge >= 0.3 is 5.97 Å². The number of hydrogen-bond donors (Lipinski definition) is 0. The highest BCUT2D eigenvalue weighted by Crippen LogP contribution is 2.52. The Morgan fingerprint density at radius 3 is 2.83 bits per heavy atom. The summed E-state index contributed by atoms with van der Waals surface area (Å²) < 4.78 is 5.55. The van der Waals surface area contributed by atoms with Crippen molar-refractivity contribution in [2.75, 3.05) is 0 Å². The van der Waals surface area contributed by atoms with Gasteiger partial charge in [0.1, 0.15) is 6.10 Å². The average Bonchev–Trinajstić information content (AvgIpc) is 2.60. The van der Waals surface area contributed by atoms with E-state index < -0.39 is 0 Å². The summed E-state index contributed by atoms with van der Waals surface area (Å²) in [6.45, 7) is 5.94. The van der Waals surface area contributed by atoms with E-state index in [1.54, 1.807) is 6.08 Å². The van der Waals surface area contributed by atoms with Crippen molar-refractivity contribution in [3.05, 3.63) is 23.3 Å². The standard InChI is InChI=1S/C15H18O3/c1-8-10-4-6-15(3)7-5-11(16)9(2)12(15)13(10)18-14(8)17/h5,7-8,10,13H,4,6H2,1-3H3/t8?,10-,13-,15+/m1/s1. The smallest absolute Gasteiger partial charge is 0.309 e. The van der Waals surface area contributed by atoms with Crippen LogP contribution in [0.1, 0.15) is 33.6 Å². The molecule has 3 heteroatoms. The van der Waals surface area contributed by atoms with Crippen LogP contribution in [0.4, 0.5) is 0 Å². The number of fused-ring (bicyclic) bond motifs is 3. The quantitative estimate of drug-likeness (QED) is 0.616. The van der Waals surface area contributed by atoms with Crippen LogP contribution in [-0.4, -0.2) is 17.9 Å². The van der Waals surface area contributed by atoms with Gasteiger partial charge in [0.25, 0.3) is 0 Å². The lowest BCUT2D eigenvalue weighted by molar-refractivity contribution is -0.143. The number of ether oxygens (including phenoxy) is 1. The molecule has 0 bridgehead atoms. The fourth-order valence-corrected chi connectivity index (χ4v) is 3.69. The molecule has 0 N–H and O–H groups in total. The molecule has 2 aliphatic carbocycles.